The third kappa shape index (κ3) is 4.49. The third-order valence-electron chi connectivity index (χ3n) is 4.12. The first kappa shape index (κ1) is 18.8. The maximum absolute atomic E-state index is 12.3. The molecule has 1 N–H and O–H groups in total. The van der Waals surface area contributed by atoms with Crippen molar-refractivity contribution in [2.75, 3.05) is 44.7 Å². The Labute approximate surface area is 150 Å². The first-order valence-corrected chi connectivity index (χ1v) is 8.32. The number of piperazine rings is 1. The Bertz CT molecular complexity index is 621. The van der Waals surface area contributed by atoms with Crippen molar-refractivity contribution in [3.8, 4) is 0 Å². The number of hydrogen-bond acceptors (Lipinski definition) is 5. The van der Waals surface area contributed by atoms with Crippen LogP contribution < -0.4 is 4.90 Å². The van der Waals surface area contributed by atoms with Gasteiger partial charge in [-0.2, -0.15) is 0 Å². The maximum Gasteiger partial charge on any atom is 0.320 e. The van der Waals surface area contributed by atoms with Crippen molar-refractivity contribution in [2.24, 2.45) is 0 Å². The van der Waals surface area contributed by atoms with Crippen LogP contribution in [0, 0.1) is 0 Å². The molecule has 9 heteroatoms. The van der Waals surface area contributed by atoms with Gasteiger partial charge in [-0.05, 0) is 20.0 Å². The van der Waals surface area contributed by atoms with E-state index in [2.05, 4.69) is 4.98 Å². The standard InChI is InChI=1S/C15H20Cl2N4O3/c1-10(15(23)24)19(2)9-13(22)20-3-5-21(6-4-20)14-12(17)7-11(16)8-18-14/h7-8,10H,3-6,9H2,1-2H3,(H,23,24). The number of carboxylic acids is 1. The number of carbonyl (C=O) groups excluding carboxylic acids is 1. The zero-order chi connectivity index (χ0) is 17.9. The highest BCUT2D eigenvalue weighted by Crippen LogP contribution is 2.26. The fourth-order valence-corrected chi connectivity index (χ4v) is 2.95. The SMILES string of the molecule is CC(C(=O)O)N(C)CC(=O)N1CCN(c2ncc(Cl)cc2Cl)CC1. The molecular formula is C15H20Cl2N4O3. The van der Waals surface area contributed by atoms with Crippen LogP contribution in [0.5, 0.6) is 0 Å². The molecule has 0 aromatic carbocycles. The quantitative estimate of drug-likeness (QED) is 0.840. The zero-order valence-corrected chi connectivity index (χ0v) is 15.1. The Morgan fingerprint density at radius 1 is 1.33 bits per heavy atom. The number of pyridine rings is 1. The average molecular weight is 375 g/mol. The van der Waals surface area contributed by atoms with Crippen molar-refractivity contribution < 1.29 is 14.7 Å². The molecule has 7 nitrogen and oxygen atoms in total. The summed E-state index contributed by atoms with van der Waals surface area (Å²) in [5.74, 6) is -0.372. The first-order valence-electron chi connectivity index (χ1n) is 7.56. The van der Waals surface area contributed by atoms with Gasteiger partial charge in [0.2, 0.25) is 5.91 Å². The number of halogens is 2. The first-order chi connectivity index (χ1) is 11.3. The Morgan fingerprint density at radius 3 is 2.50 bits per heavy atom. The van der Waals surface area contributed by atoms with Crippen LogP contribution >= 0.6 is 23.2 Å². The molecule has 1 aliphatic rings. The molecule has 0 spiro atoms. The van der Waals surface area contributed by atoms with E-state index in [1.807, 2.05) is 4.90 Å². The van der Waals surface area contributed by atoms with Gasteiger partial charge in [0.15, 0.2) is 0 Å². The third-order valence-corrected chi connectivity index (χ3v) is 4.61. The lowest BCUT2D eigenvalue weighted by Gasteiger charge is -2.36. The van der Waals surface area contributed by atoms with Crippen LogP contribution in [0.3, 0.4) is 0 Å². The number of carbonyl (C=O) groups is 2. The smallest absolute Gasteiger partial charge is 0.320 e. The minimum Gasteiger partial charge on any atom is -0.480 e. The lowest BCUT2D eigenvalue weighted by Crippen LogP contribution is -2.52. The minimum absolute atomic E-state index is 0.0768. The summed E-state index contributed by atoms with van der Waals surface area (Å²) in [6, 6.07) is 0.943. The second kappa shape index (κ2) is 8.00. The van der Waals surface area contributed by atoms with Gasteiger partial charge in [0.1, 0.15) is 11.9 Å². The van der Waals surface area contributed by atoms with Crippen LogP contribution in [0.4, 0.5) is 5.82 Å². The fraction of sp³-hybridized carbons (Fsp3) is 0.533. The monoisotopic (exact) mass is 374 g/mol. The average Bonchev–Trinajstić information content (AvgIpc) is 2.54. The Morgan fingerprint density at radius 2 is 1.96 bits per heavy atom. The minimum atomic E-state index is -0.946. The van der Waals surface area contributed by atoms with E-state index in [1.54, 1.807) is 31.1 Å². The topological polar surface area (TPSA) is 77.0 Å². The van der Waals surface area contributed by atoms with Gasteiger partial charge in [-0.1, -0.05) is 23.2 Å². The van der Waals surface area contributed by atoms with E-state index >= 15 is 0 Å². The number of aromatic nitrogens is 1. The summed E-state index contributed by atoms with van der Waals surface area (Å²) in [4.78, 5) is 32.8. The van der Waals surface area contributed by atoms with Crippen LogP contribution in [-0.4, -0.2) is 77.6 Å². The Kier molecular flexibility index (Phi) is 6.26. The summed E-state index contributed by atoms with van der Waals surface area (Å²) in [6.07, 6.45) is 1.54. The maximum atomic E-state index is 12.3. The van der Waals surface area contributed by atoms with E-state index in [9.17, 15) is 9.59 Å². The molecule has 1 saturated heterocycles. The highest BCUT2D eigenvalue weighted by Gasteiger charge is 2.26. The summed E-state index contributed by atoms with van der Waals surface area (Å²) < 4.78 is 0. The molecule has 1 aliphatic heterocycles. The predicted molar refractivity (Wildman–Crippen MR) is 92.8 cm³/mol. The molecule has 2 rings (SSSR count). The molecule has 0 saturated carbocycles. The molecule has 0 aliphatic carbocycles. The van der Waals surface area contributed by atoms with Crippen molar-refractivity contribution in [3.05, 3.63) is 22.3 Å². The molecule has 0 radical (unpaired) electrons. The number of likely N-dealkylation sites (N-methyl/N-ethyl adjacent to an activating group) is 1. The highest BCUT2D eigenvalue weighted by atomic mass is 35.5. The van der Waals surface area contributed by atoms with Gasteiger partial charge in [0, 0.05) is 32.4 Å². The van der Waals surface area contributed by atoms with Crippen molar-refractivity contribution in [3.63, 3.8) is 0 Å². The number of nitrogens with zero attached hydrogens (tertiary/aromatic N) is 4. The number of hydrogen-bond donors (Lipinski definition) is 1. The van der Waals surface area contributed by atoms with Crippen LogP contribution in [0.15, 0.2) is 12.3 Å². The Balaban J connectivity index is 1.90. The van der Waals surface area contributed by atoms with E-state index in [-0.39, 0.29) is 12.5 Å². The normalized spacial score (nSPS) is 16.4. The second-order valence-corrected chi connectivity index (χ2v) is 6.60. The molecule has 0 bridgehead atoms. The van der Waals surface area contributed by atoms with Crippen LogP contribution in [-0.2, 0) is 9.59 Å². The fourth-order valence-electron chi connectivity index (χ4n) is 2.45. The summed E-state index contributed by atoms with van der Waals surface area (Å²) in [6.45, 7) is 3.93. The molecule has 1 unspecified atom stereocenters. The number of anilines is 1. The van der Waals surface area contributed by atoms with E-state index in [0.29, 0.717) is 42.0 Å². The van der Waals surface area contributed by atoms with Crippen molar-refractivity contribution >= 4 is 40.9 Å². The van der Waals surface area contributed by atoms with Crippen molar-refractivity contribution in [2.45, 2.75) is 13.0 Å². The van der Waals surface area contributed by atoms with Crippen LogP contribution in [0.2, 0.25) is 10.0 Å². The number of aliphatic carboxylic acids is 1. The van der Waals surface area contributed by atoms with E-state index < -0.39 is 12.0 Å². The molecule has 1 aromatic heterocycles. The zero-order valence-electron chi connectivity index (χ0n) is 13.6. The summed E-state index contributed by atoms with van der Waals surface area (Å²) in [5.41, 5.74) is 0. The van der Waals surface area contributed by atoms with Gasteiger partial charge in [0.05, 0.1) is 16.6 Å². The summed E-state index contributed by atoms with van der Waals surface area (Å²) in [7, 11) is 1.63. The lowest BCUT2D eigenvalue weighted by molar-refractivity contribution is -0.143. The number of rotatable bonds is 5. The highest BCUT2D eigenvalue weighted by molar-refractivity contribution is 6.36. The van der Waals surface area contributed by atoms with E-state index in [4.69, 9.17) is 28.3 Å². The van der Waals surface area contributed by atoms with Crippen LogP contribution in [0.1, 0.15) is 6.92 Å². The van der Waals surface area contributed by atoms with Crippen molar-refractivity contribution in [1.29, 1.82) is 0 Å². The molecule has 1 amide bonds. The van der Waals surface area contributed by atoms with E-state index in [1.165, 1.54) is 4.90 Å². The lowest BCUT2D eigenvalue weighted by atomic mass is 10.2. The van der Waals surface area contributed by atoms with Gasteiger partial charge in [-0.3, -0.25) is 14.5 Å². The molecule has 1 atom stereocenters. The molecule has 1 fully saturated rings. The molecule has 24 heavy (non-hydrogen) atoms. The largest absolute Gasteiger partial charge is 0.480 e. The molecule has 132 valence electrons. The molecule has 1 aromatic rings. The van der Waals surface area contributed by atoms with Gasteiger partial charge < -0.3 is 14.9 Å². The predicted octanol–water partition coefficient (Wildman–Crippen LogP) is 1.44. The van der Waals surface area contributed by atoms with Crippen molar-refractivity contribution in [1.82, 2.24) is 14.8 Å². The Hall–Kier alpha value is -1.57. The van der Waals surface area contributed by atoms with E-state index in [0.717, 1.165) is 0 Å². The van der Waals surface area contributed by atoms with Gasteiger partial charge in [0.25, 0.3) is 0 Å². The summed E-state index contributed by atoms with van der Waals surface area (Å²) >= 11 is 12.0. The molecule has 2 heterocycles. The van der Waals surface area contributed by atoms with Gasteiger partial charge in [-0.25, -0.2) is 4.98 Å². The summed E-state index contributed by atoms with van der Waals surface area (Å²) in [5, 5.41) is 9.94. The van der Waals surface area contributed by atoms with Gasteiger partial charge >= 0.3 is 5.97 Å². The number of amides is 1. The molecular weight excluding hydrogens is 355 g/mol. The number of carboxylic acid groups (broad SMARTS) is 1. The van der Waals surface area contributed by atoms with Gasteiger partial charge in [-0.15, -0.1) is 0 Å². The van der Waals surface area contributed by atoms with Crippen LogP contribution in [0.25, 0.3) is 0 Å². The second-order valence-electron chi connectivity index (χ2n) is 5.76.